The number of carbonyl (C=O) groups is 3. The number of aliphatic carboxylic acids is 1. The predicted molar refractivity (Wildman–Crippen MR) is 133 cm³/mol. The van der Waals surface area contributed by atoms with Crippen molar-refractivity contribution in [2.75, 3.05) is 6.61 Å². The average molecular weight is 479 g/mol. The highest BCUT2D eigenvalue weighted by Gasteiger charge is 2.39. The van der Waals surface area contributed by atoms with E-state index in [1.54, 1.807) is 0 Å². The number of hydrogen-bond donors (Lipinski definition) is 3. The van der Waals surface area contributed by atoms with Crippen LogP contribution >= 0.6 is 0 Å². The van der Waals surface area contributed by atoms with Crippen LogP contribution in [0.25, 0.3) is 11.1 Å². The van der Waals surface area contributed by atoms with Crippen LogP contribution in [-0.2, 0) is 14.3 Å². The summed E-state index contributed by atoms with van der Waals surface area (Å²) in [6, 6.07) is 15.4. The molecule has 2 amide bonds. The monoisotopic (exact) mass is 478 g/mol. The Labute approximate surface area is 206 Å². The third-order valence-electron chi connectivity index (χ3n) is 7.10. The van der Waals surface area contributed by atoms with Crippen LogP contribution in [0.5, 0.6) is 0 Å². The van der Waals surface area contributed by atoms with Crippen LogP contribution in [0.15, 0.2) is 48.5 Å². The van der Waals surface area contributed by atoms with Gasteiger partial charge in [-0.1, -0.05) is 75.2 Å². The topological polar surface area (TPSA) is 105 Å². The molecule has 2 aromatic rings. The molecule has 35 heavy (non-hydrogen) atoms. The van der Waals surface area contributed by atoms with Crippen LogP contribution in [0, 0.1) is 5.92 Å². The van der Waals surface area contributed by atoms with Crippen molar-refractivity contribution >= 4 is 18.0 Å². The molecule has 7 nitrogen and oxygen atoms in total. The van der Waals surface area contributed by atoms with E-state index in [4.69, 9.17) is 4.74 Å². The minimum absolute atomic E-state index is 0.0668. The molecular weight excluding hydrogens is 444 g/mol. The van der Waals surface area contributed by atoms with Crippen molar-refractivity contribution < 1.29 is 24.2 Å². The number of alkyl carbamates (subject to hydrolysis) is 1. The number of nitrogens with one attached hydrogen (secondary N) is 2. The van der Waals surface area contributed by atoms with Crippen molar-refractivity contribution in [3.05, 3.63) is 59.7 Å². The quantitative estimate of drug-likeness (QED) is 0.478. The Kier molecular flexibility index (Phi) is 7.43. The molecule has 4 rings (SSSR count). The zero-order chi connectivity index (χ0) is 25.0. The maximum Gasteiger partial charge on any atom is 0.407 e. The van der Waals surface area contributed by atoms with Crippen LogP contribution in [0.2, 0.25) is 0 Å². The highest BCUT2D eigenvalue weighted by molar-refractivity contribution is 5.87. The Balaban J connectivity index is 1.42. The maximum absolute atomic E-state index is 13.2. The standard InChI is InChI=1S/C28H34N2O5/c1-18(2)15-24(26(33)30-28(16-25(31)32)13-7-8-14-28)29-27(34)35-17-23-21-11-5-3-9-19(21)20-10-4-6-12-22(20)23/h3-6,9-12,18,23-24H,7-8,13-17H2,1-2H3,(H,29,34)(H,30,33)(H,31,32). The van der Waals surface area contributed by atoms with Crippen LogP contribution in [0.1, 0.15) is 69.4 Å². The van der Waals surface area contributed by atoms with Gasteiger partial charge in [-0.05, 0) is 47.4 Å². The maximum atomic E-state index is 13.2. The van der Waals surface area contributed by atoms with E-state index in [1.165, 1.54) is 0 Å². The largest absolute Gasteiger partial charge is 0.481 e. The molecule has 0 spiro atoms. The summed E-state index contributed by atoms with van der Waals surface area (Å²) in [6.07, 6.45) is 2.68. The van der Waals surface area contributed by atoms with Gasteiger partial charge in [-0.2, -0.15) is 0 Å². The Morgan fingerprint density at radius 1 is 1.00 bits per heavy atom. The first-order valence-corrected chi connectivity index (χ1v) is 12.4. The van der Waals surface area contributed by atoms with E-state index in [-0.39, 0.29) is 30.8 Å². The van der Waals surface area contributed by atoms with Crippen molar-refractivity contribution in [2.24, 2.45) is 5.92 Å². The molecular formula is C28H34N2O5. The fourth-order valence-corrected chi connectivity index (χ4v) is 5.52. The van der Waals surface area contributed by atoms with Gasteiger partial charge in [0.25, 0.3) is 0 Å². The molecule has 1 atom stereocenters. The molecule has 1 fully saturated rings. The summed E-state index contributed by atoms with van der Waals surface area (Å²) >= 11 is 0. The van der Waals surface area contributed by atoms with Gasteiger partial charge in [-0.15, -0.1) is 0 Å². The molecule has 3 N–H and O–H groups in total. The van der Waals surface area contributed by atoms with Gasteiger partial charge in [0.2, 0.25) is 5.91 Å². The lowest BCUT2D eigenvalue weighted by Crippen LogP contribution is -2.55. The number of benzene rings is 2. The summed E-state index contributed by atoms with van der Waals surface area (Å²) in [7, 11) is 0. The van der Waals surface area contributed by atoms with Crippen LogP contribution in [-0.4, -0.2) is 41.3 Å². The number of carboxylic acid groups (broad SMARTS) is 1. The van der Waals surface area contributed by atoms with Gasteiger partial charge in [0.1, 0.15) is 12.6 Å². The van der Waals surface area contributed by atoms with Crippen molar-refractivity contribution in [3.8, 4) is 11.1 Å². The second kappa shape index (κ2) is 10.5. The highest BCUT2D eigenvalue weighted by atomic mass is 16.5. The summed E-state index contributed by atoms with van der Waals surface area (Å²) in [4.78, 5) is 37.4. The molecule has 7 heteroatoms. The van der Waals surface area contributed by atoms with E-state index >= 15 is 0 Å². The van der Waals surface area contributed by atoms with Gasteiger partial charge in [0.15, 0.2) is 0 Å². The summed E-state index contributed by atoms with van der Waals surface area (Å²) in [5, 5.41) is 15.1. The second-order valence-electron chi connectivity index (χ2n) is 10.2. The van der Waals surface area contributed by atoms with Gasteiger partial charge in [0.05, 0.1) is 12.0 Å². The zero-order valence-electron chi connectivity index (χ0n) is 20.4. The summed E-state index contributed by atoms with van der Waals surface area (Å²) < 4.78 is 5.64. The Morgan fingerprint density at radius 3 is 2.11 bits per heavy atom. The van der Waals surface area contributed by atoms with Crippen LogP contribution in [0.4, 0.5) is 4.79 Å². The molecule has 0 aliphatic heterocycles. The molecule has 0 bridgehead atoms. The Hall–Kier alpha value is -3.35. The van der Waals surface area contributed by atoms with Crippen molar-refractivity contribution in [2.45, 2.75) is 69.9 Å². The lowest BCUT2D eigenvalue weighted by molar-refractivity contribution is -0.139. The minimum atomic E-state index is -0.933. The smallest absolute Gasteiger partial charge is 0.407 e. The Morgan fingerprint density at radius 2 is 1.57 bits per heavy atom. The van der Waals surface area contributed by atoms with Crippen LogP contribution < -0.4 is 10.6 Å². The number of amides is 2. The van der Waals surface area contributed by atoms with Gasteiger partial charge in [0, 0.05) is 5.92 Å². The van der Waals surface area contributed by atoms with Crippen LogP contribution in [0.3, 0.4) is 0 Å². The highest BCUT2D eigenvalue weighted by Crippen LogP contribution is 2.44. The van der Waals surface area contributed by atoms with Crippen molar-refractivity contribution in [1.29, 1.82) is 0 Å². The third kappa shape index (κ3) is 5.66. The number of hydrogen-bond acceptors (Lipinski definition) is 4. The van der Waals surface area contributed by atoms with Crippen molar-refractivity contribution in [1.82, 2.24) is 10.6 Å². The molecule has 1 unspecified atom stereocenters. The molecule has 0 heterocycles. The molecule has 186 valence electrons. The van der Waals surface area contributed by atoms with Crippen molar-refractivity contribution in [3.63, 3.8) is 0 Å². The lowest BCUT2D eigenvalue weighted by atomic mass is 9.92. The van der Waals surface area contributed by atoms with Gasteiger partial charge in [-0.25, -0.2) is 4.79 Å². The number of fused-ring (bicyclic) bond motifs is 3. The van der Waals surface area contributed by atoms with Gasteiger partial charge < -0.3 is 20.5 Å². The number of carbonyl (C=O) groups excluding carboxylic acids is 2. The summed E-state index contributed by atoms with van der Waals surface area (Å²) in [5.74, 6) is -1.20. The first-order chi connectivity index (χ1) is 16.8. The minimum Gasteiger partial charge on any atom is -0.481 e. The predicted octanol–water partition coefficient (Wildman–Crippen LogP) is 4.84. The molecule has 2 aromatic carbocycles. The molecule has 0 aromatic heterocycles. The molecule has 0 radical (unpaired) electrons. The SMILES string of the molecule is CC(C)CC(NC(=O)OCC1c2ccccc2-c2ccccc21)C(=O)NC1(CC(=O)O)CCCC1. The fraction of sp³-hybridized carbons (Fsp3) is 0.464. The molecule has 2 aliphatic rings. The second-order valence-corrected chi connectivity index (χ2v) is 10.2. The normalized spacial score (nSPS) is 16.9. The van der Waals surface area contributed by atoms with E-state index in [0.29, 0.717) is 19.3 Å². The van der Waals surface area contributed by atoms with E-state index < -0.39 is 23.6 Å². The molecule has 2 aliphatic carbocycles. The van der Waals surface area contributed by atoms with Gasteiger partial charge >= 0.3 is 12.1 Å². The lowest BCUT2D eigenvalue weighted by Gasteiger charge is -2.31. The van der Waals surface area contributed by atoms with E-state index in [0.717, 1.165) is 35.1 Å². The molecule has 0 saturated heterocycles. The summed E-state index contributed by atoms with van der Waals surface area (Å²) in [5.41, 5.74) is 3.79. The first kappa shape index (κ1) is 24.8. The van der Waals surface area contributed by atoms with E-state index in [2.05, 4.69) is 34.9 Å². The third-order valence-corrected chi connectivity index (χ3v) is 7.10. The fourth-order valence-electron chi connectivity index (χ4n) is 5.52. The average Bonchev–Trinajstić information content (AvgIpc) is 3.39. The first-order valence-electron chi connectivity index (χ1n) is 12.4. The zero-order valence-corrected chi connectivity index (χ0v) is 20.4. The van der Waals surface area contributed by atoms with E-state index in [9.17, 15) is 19.5 Å². The number of carboxylic acids is 1. The van der Waals surface area contributed by atoms with E-state index in [1.807, 2.05) is 38.1 Å². The molecule has 1 saturated carbocycles. The summed E-state index contributed by atoms with van der Waals surface area (Å²) in [6.45, 7) is 4.11. The number of ether oxygens (including phenoxy) is 1. The van der Waals surface area contributed by atoms with Gasteiger partial charge in [-0.3, -0.25) is 9.59 Å². The Bertz CT molecular complexity index is 1040. The number of rotatable bonds is 9.